The Morgan fingerprint density at radius 1 is 1.53 bits per heavy atom. The minimum absolute atomic E-state index is 0.0201. The topological polar surface area (TPSA) is 81.6 Å². The maximum Gasteiger partial charge on any atom is 0.333 e. The summed E-state index contributed by atoms with van der Waals surface area (Å²) in [5.74, 6) is 0.732. The van der Waals surface area contributed by atoms with Crippen molar-refractivity contribution in [3.8, 4) is 5.75 Å². The van der Waals surface area contributed by atoms with Crippen molar-refractivity contribution in [1.29, 1.82) is 0 Å². The minimum Gasteiger partial charge on any atom is -0.490 e. The first kappa shape index (κ1) is 13.6. The van der Waals surface area contributed by atoms with Crippen LogP contribution < -0.4 is 15.4 Å². The molecule has 1 fully saturated rings. The minimum atomic E-state index is -0.391. The second-order valence-electron chi connectivity index (χ2n) is 4.96. The lowest BCUT2D eigenvalue weighted by molar-refractivity contribution is -0.385. The third-order valence-corrected chi connectivity index (χ3v) is 3.74. The van der Waals surface area contributed by atoms with Crippen molar-refractivity contribution in [2.75, 3.05) is 25.1 Å². The number of para-hydroxylation sites is 1. The number of hydrogen-bond acceptors (Lipinski definition) is 5. The maximum absolute atomic E-state index is 11.3. The summed E-state index contributed by atoms with van der Waals surface area (Å²) in [6.07, 6.45) is 0.940. The average Bonchev–Trinajstić information content (AvgIpc) is 2.40. The SMILES string of the molecule is COc1cccc(N2CCC(C)C(N)C2)c1[N+](=O)[O-]. The summed E-state index contributed by atoms with van der Waals surface area (Å²) in [7, 11) is 1.44. The molecule has 1 aliphatic rings. The van der Waals surface area contributed by atoms with Crippen LogP contribution in [0.15, 0.2) is 18.2 Å². The summed E-state index contributed by atoms with van der Waals surface area (Å²) >= 11 is 0. The van der Waals surface area contributed by atoms with E-state index in [4.69, 9.17) is 10.5 Å². The second kappa shape index (κ2) is 5.44. The van der Waals surface area contributed by atoms with Crippen LogP contribution in [0, 0.1) is 16.0 Å². The first-order valence-electron chi connectivity index (χ1n) is 6.36. The third kappa shape index (κ3) is 2.63. The quantitative estimate of drug-likeness (QED) is 0.665. The third-order valence-electron chi connectivity index (χ3n) is 3.74. The number of hydrogen-bond donors (Lipinski definition) is 1. The average molecular weight is 265 g/mol. The van der Waals surface area contributed by atoms with Crippen LogP contribution in [-0.4, -0.2) is 31.2 Å². The predicted molar refractivity (Wildman–Crippen MR) is 73.6 cm³/mol. The van der Waals surface area contributed by atoms with E-state index >= 15 is 0 Å². The fourth-order valence-corrected chi connectivity index (χ4v) is 2.43. The molecular weight excluding hydrogens is 246 g/mol. The summed E-state index contributed by atoms with van der Waals surface area (Å²) in [5.41, 5.74) is 6.67. The standard InChI is InChI=1S/C13H19N3O3/c1-9-6-7-15(8-10(9)14)11-4-3-5-12(19-2)13(11)16(17)18/h3-5,9-10H,6-8,14H2,1-2H3. The molecule has 2 atom stereocenters. The molecule has 19 heavy (non-hydrogen) atoms. The molecule has 0 bridgehead atoms. The number of nitrogens with two attached hydrogens (primary N) is 1. The van der Waals surface area contributed by atoms with Gasteiger partial charge in [0, 0.05) is 19.1 Å². The lowest BCUT2D eigenvalue weighted by Gasteiger charge is -2.36. The summed E-state index contributed by atoms with van der Waals surface area (Å²) in [6.45, 7) is 3.53. The molecule has 2 N–H and O–H groups in total. The molecule has 6 nitrogen and oxygen atoms in total. The van der Waals surface area contributed by atoms with Crippen molar-refractivity contribution in [3.63, 3.8) is 0 Å². The number of anilines is 1. The van der Waals surface area contributed by atoms with Gasteiger partial charge in [-0.25, -0.2) is 0 Å². The van der Waals surface area contributed by atoms with Gasteiger partial charge in [0.05, 0.1) is 12.0 Å². The van der Waals surface area contributed by atoms with Gasteiger partial charge < -0.3 is 15.4 Å². The second-order valence-corrected chi connectivity index (χ2v) is 4.96. The number of nitro groups is 1. The summed E-state index contributed by atoms with van der Waals surface area (Å²) in [5, 5.41) is 11.3. The Labute approximate surface area is 112 Å². The van der Waals surface area contributed by atoms with Gasteiger partial charge in [0.2, 0.25) is 0 Å². The largest absolute Gasteiger partial charge is 0.490 e. The Kier molecular flexibility index (Phi) is 3.90. The molecule has 6 heteroatoms. The molecule has 1 heterocycles. The van der Waals surface area contributed by atoms with Gasteiger partial charge in [-0.1, -0.05) is 13.0 Å². The molecule has 2 rings (SSSR count). The van der Waals surface area contributed by atoms with E-state index in [0.29, 0.717) is 18.2 Å². The Hall–Kier alpha value is -1.82. The zero-order chi connectivity index (χ0) is 14.0. The van der Waals surface area contributed by atoms with Crippen molar-refractivity contribution in [2.45, 2.75) is 19.4 Å². The monoisotopic (exact) mass is 265 g/mol. The molecule has 2 unspecified atom stereocenters. The zero-order valence-electron chi connectivity index (χ0n) is 11.2. The van der Waals surface area contributed by atoms with Crippen molar-refractivity contribution in [2.24, 2.45) is 11.7 Å². The van der Waals surface area contributed by atoms with Gasteiger partial charge in [0.1, 0.15) is 5.69 Å². The van der Waals surface area contributed by atoms with Crippen molar-refractivity contribution >= 4 is 11.4 Å². The number of piperidine rings is 1. The summed E-state index contributed by atoms with van der Waals surface area (Å²) in [6, 6.07) is 5.17. The summed E-state index contributed by atoms with van der Waals surface area (Å²) in [4.78, 5) is 12.8. The Morgan fingerprint density at radius 3 is 2.84 bits per heavy atom. The van der Waals surface area contributed by atoms with Crippen LogP contribution in [0.3, 0.4) is 0 Å². The van der Waals surface area contributed by atoms with E-state index in [1.165, 1.54) is 7.11 Å². The van der Waals surface area contributed by atoms with Crippen LogP contribution in [0.4, 0.5) is 11.4 Å². The van der Waals surface area contributed by atoms with Gasteiger partial charge in [0.25, 0.3) is 0 Å². The molecule has 1 aromatic carbocycles. The predicted octanol–water partition coefficient (Wildman–Crippen LogP) is 1.78. The van der Waals surface area contributed by atoms with E-state index in [9.17, 15) is 10.1 Å². The fourth-order valence-electron chi connectivity index (χ4n) is 2.43. The fraction of sp³-hybridized carbons (Fsp3) is 0.538. The van der Waals surface area contributed by atoms with E-state index in [0.717, 1.165) is 13.0 Å². The first-order valence-corrected chi connectivity index (χ1v) is 6.36. The number of nitrogens with zero attached hydrogens (tertiary/aromatic N) is 2. The van der Waals surface area contributed by atoms with Crippen LogP contribution >= 0.6 is 0 Å². The molecule has 0 saturated carbocycles. The maximum atomic E-state index is 11.3. The Morgan fingerprint density at radius 2 is 2.26 bits per heavy atom. The van der Waals surface area contributed by atoms with Gasteiger partial charge in [-0.15, -0.1) is 0 Å². The van der Waals surface area contributed by atoms with Crippen LogP contribution in [0.5, 0.6) is 5.75 Å². The normalized spacial score (nSPS) is 23.2. The van der Waals surface area contributed by atoms with E-state index in [1.54, 1.807) is 18.2 Å². The highest BCUT2D eigenvalue weighted by Crippen LogP contribution is 2.38. The molecular formula is C13H19N3O3. The molecule has 0 spiro atoms. The van der Waals surface area contributed by atoms with Gasteiger partial charge >= 0.3 is 5.69 Å². The van der Waals surface area contributed by atoms with E-state index < -0.39 is 4.92 Å². The van der Waals surface area contributed by atoms with Crippen LogP contribution in [0.25, 0.3) is 0 Å². The molecule has 0 amide bonds. The molecule has 1 aliphatic heterocycles. The van der Waals surface area contributed by atoms with Crippen LogP contribution in [0.1, 0.15) is 13.3 Å². The van der Waals surface area contributed by atoms with Crippen LogP contribution in [0.2, 0.25) is 0 Å². The molecule has 0 aliphatic carbocycles. The van der Waals surface area contributed by atoms with Gasteiger partial charge in [0.15, 0.2) is 5.75 Å². The van der Waals surface area contributed by atoms with E-state index in [2.05, 4.69) is 6.92 Å². The Balaban J connectivity index is 2.37. The van der Waals surface area contributed by atoms with E-state index in [-0.39, 0.29) is 17.5 Å². The number of benzene rings is 1. The number of ether oxygens (including phenoxy) is 1. The Bertz CT molecular complexity index is 478. The van der Waals surface area contributed by atoms with Gasteiger partial charge in [-0.3, -0.25) is 10.1 Å². The van der Waals surface area contributed by atoms with Gasteiger partial charge in [-0.2, -0.15) is 0 Å². The van der Waals surface area contributed by atoms with Crippen LogP contribution in [-0.2, 0) is 0 Å². The lowest BCUT2D eigenvalue weighted by Crippen LogP contribution is -2.47. The van der Waals surface area contributed by atoms with Crippen molar-refractivity contribution in [1.82, 2.24) is 0 Å². The molecule has 0 radical (unpaired) electrons. The van der Waals surface area contributed by atoms with Gasteiger partial charge in [-0.05, 0) is 24.5 Å². The van der Waals surface area contributed by atoms with Crippen molar-refractivity contribution < 1.29 is 9.66 Å². The lowest BCUT2D eigenvalue weighted by atomic mass is 9.94. The van der Waals surface area contributed by atoms with E-state index in [1.807, 2.05) is 4.90 Å². The first-order chi connectivity index (χ1) is 9.04. The highest BCUT2D eigenvalue weighted by Gasteiger charge is 2.29. The molecule has 0 aromatic heterocycles. The molecule has 104 valence electrons. The molecule has 1 saturated heterocycles. The highest BCUT2D eigenvalue weighted by molar-refractivity contribution is 5.70. The number of rotatable bonds is 3. The summed E-state index contributed by atoms with van der Waals surface area (Å²) < 4.78 is 5.09. The van der Waals surface area contributed by atoms with Crippen molar-refractivity contribution in [3.05, 3.63) is 28.3 Å². The zero-order valence-corrected chi connectivity index (χ0v) is 11.2. The smallest absolute Gasteiger partial charge is 0.333 e. The number of nitro benzene ring substituents is 1. The molecule has 1 aromatic rings. The number of methoxy groups -OCH3 is 1. The highest BCUT2D eigenvalue weighted by atomic mass is 16.6.